The van der Waals surface area contributed by atoms with Gasteiger partial charge in [-0.25, -0.2) is 8.42 Å². The van der Waals surface area contributed by atoms with Crippen LogP contribution in [0.3, 0.4) is 0 Å². The van der Waals surface area contributed by atoms with Gasteiger partial charge >= 0.3 is 0 Å². The minimum Gasteiger partial charge on any atom is -0.326 e. The fourth-order valence-corrected chi connectivity index (χ4v) is 4.80. The molecule has 2 atom stereocenters. The van der Waals surface area contributed by atoms with E-state index in [4.69, 9.17) is 5.73 Å². The fraction of sp³-hybridized carbons (Fsp3) is 0.294. The Morgan fingerprint density at radius 3 is 2.29 bits per heavy atom. The first kappa shape index (κ1) is 19.4. The van der Waals surface area contributed by atoms with Gasteiger partial charge in [-0.2, -0.15) is 4.31 Å². The Labute approximate surface area is 157 Å². The minimum atomic E-state index is -3.36. The van der Waals surface area contributed by atoms with Crippen molar-refractivity contribution in [3.05, 3.63) is 70.2 Å². The van der Waals surface area contributed by atoms with Crippen LogP contribution in [0.15, 0.2) is 59.1 Å². The maximum atomic E-state index is 12.7. The molecule has 4 nitrogen and oxygen atoms in total. The third-order valence-electron chi connectivity index (χ3n) is 4.22. The highest BCUT2D eigenvalue weighted by atomic mass is 79.9. The summed E-state index contributed by atoms with van der Waals surface area (Å²) in [4.78, 5) is 0. The molecule has 130 valence electrons. The fourth-order valence-electron chi connectivity index (χ4n) is 2.95. The molecule has 0 aliphatic carbocycles. The van der Waals surface area contributed by atoms with E-state index >= 15 is 0 Å². The molecule has 0 saturated carbocycles. The molecule has 2 aromatic rings. The van der Waals surface area contributed by atoms with Crippen LogP contribution in [-0.2, 0) is 15.8 Å². The lowest BCUT2D eigenvalue weighted by molar-refractivity contribution is 0.469. The molecule has 0 radical (unpaired) electrons. The van der Waals surface area contributed by atoms with Gasteiger partial charge in [0.1, 0.15) is 0 Å². The van der Waals surface area contributed by atoms with Crippen LogP contribution in [0.25, 0.3) is 0 Å². The molecular formula is C17H20BrClN2O2S. The van der Waals surface area contributed by atoms with E-state index in [1.165, 1.54) is 4.31 Å². The minimum absolute atomic E-state index is 0. The molecule has 1 saturated heterocycles. The van der Waals surface area contributed by atoms with E-state index < -0.39 is 10.0 Å². The van der Waals surface area contributed by atoms with E-state index in [2.05, 4.69) is 15.9 Å². The normalized spacial score (nSPS) is 21.4. The second-order valence-electron chi connectivity index (χ2n) is 5.88. The van der Waals surface area contributed by atoms with E-state index in [-0.39, 0.29) is 30.1 Å². The van der Waals surface area contributed by atoms with Crippen LogP contribution >= 0.6 is 28.3 Å². The molecule has 3 rings (SSSR count). The van der Waals surface area contributed by atoms with Crippen molar-refractivity contribution in [3.63, 3.8) is 0 Å². The Morgan fingerprint density at radius 2 is 1.67 bits per heavy atom. The summed E-state index contributed by atoms with van der Waals surface area (Å²) in [6.45, 7) is 0.822. The lowest BCUT2D eigenvalue weighted by Gasteiger charge is -2.16. The van der Waals surface area contributed by atoms with Crippen molar-refractivity contribution in [1.82, 2.24) is 4.31 Å². The zero-order valence-corrected chi connectivity index (χ0v) is 16.2. The monoisotopic (exact) mass is 430 g/mol. The first-order valence-electron chi connectivity index (χ1n) is 7.48. The summed E-state index contributed by atoms with van der Waals surface area (Å²) >= 11 is 3.36. The molecule has 1 aliphatic rings. The maximum Gasteiger partial charge on any atom is 0.218 e. The highest BCUT2D eigenvalue weighted by molar-refractivity contribution is 9.10. The third-order valence-corrected chi connectivity index (χ3v) is 6.53. The van der Waals surface area contributed by atoms with Gasteiger partial charge < -0.3 is 5.73 Å². The SMILES string of the molecule is Cl.N[C@@H]1CN(S(=O)(=O)Cc2ccc(Br)cc2)C[C@H]1c1ccccc1. The smallest absolute Gasteiger partial charge is 0.218 e. The molecule has 0 unspecified atom stereocenters. The van der Waals surface area contributed by atoms with Crippen molar-refractivity contribution in [2.24, 2.45) is 5.73 Å². The summed E-state index contributed by atoms with van der Waals surface area (Å²) < 4.78 is 27.8. The van der Waals surface area contributed by atoms with Gasteiger partial charge in [-0.1, -0.05) is 58.4 Å². The molecule has 24 heavy (non-hydrogen) atoms. The Balaban J connectivity index is 0.00000208. The van der Waals surface area contributed by atoms with Crippen LogP contribution < -0.4 is 5.73 Å². The van der Waals surface area contributed by atoms with Gasteiger partial charge in [0, 0.05) is 29.5 Å². The van der Waals surface area contributed by atoms with Crippen LogP contribution in [0, 0.1) is 0 Å². The van der Waals surface area contributed by atoms with Gasteiger partial charge in [0.25, 0.3) is 0 Å². The molecule has 1 aliphatic heterocycles. The van der Waals surface area contributed by atoms with Crippen molar-refractivity contribution >= 4 is 38.4 Å². The van der Waals surface area contributed by atoms with Crippen molar-refractivity contribution in [3.8, 4) is 0 Å². The first-order chi connectivity index (χ1) is 11.0. The number of benzene rings is 2. The number of rotatable bonds is 4. The Hall–Kier alpha value is -0.920. The molecule has 1 heterocycles. The molecule has 0 aromatic heterocycles. The zero-order chi connectivity index (χ0) is 16.4. The van der Waals surface area contributed by atoms with Gasteiger partial charge in [-0.15, -0.1) is 12.4 Å². The lowest BCUT2D eigenvalue weighted by Crippen LogP contribution is -2.33. The molecule has 1 fully saturated rings. The molecule has 0 amide bonds. The van der Waals surface area contributed by atoms with Gasteiger partial charge in [0.2, 0.25) is 10.0 Å². The molecule has 7 heteroatoms. The first-order valence-corrected chi connectivity index (χ1v) is 9.89. The average Bonchev–Trinajstić information content (AvgIpc) is 2.93. The summed E-state index contributed by atoms with van der Waals surface area (Å²) in [6, 6.07) is 17.1. The lowest BCUT2D eigenvalue weighted by atomic mass is 9.95. The van der Waals surface area contributed by atoms with Gasteiger partial charge in [-0.3, -0.25) is 0 Å². The van der Waals surface area contributed by atoms with Crippen molar-refractivity contribution in [1.29, 1.82) is 0 Å². The topological polar surface area (TPSA) is 63.4 Å². The molecule has 2 N–H and O–H groups in total. The van der Waals surface area contributed by atoms with Crippen LogP contribution in [0.5, 0.6) is 0 Å². The molecule has 2 aromatic carbocycles. The average molecular weight is 432 g/mol. The van der Waals surface area contributed by atoms with Crippen LogP contribution in [0.1, 0.15) is 17.0 Å². The largest absolute Gasteiger partial charge is 0.326 e. The second-order valence-corrected chi connectivity index (χ2v) is 8.77. The number of hydrogen-bond acceptors (Lipinski definition) is 3. The summed E-state index contributed by atoms with van der Waals surface area (Å²) in [5, 5.41) is 0. The maximum absolute atomic E-state index is 12.7. The Bertz CT molecular complexity index is 769. The summed E-state index contributed by atoms with van der Waals surface area (Å²) in [7, 11) is -3.36. The Kier molecular flexibility index (Phi) is 6.45. The predicted molar refractivity (Wildman–Crippen MR) is 103 cm³/mol. The standard InChI is InChI=1S/C17H19BrN2O2S.ClH/c18-15-8-6-13(7-9-15)12-23(21,22)20-10-16(17(19)11-20)14-4-2-1-3-5-14;/h1-9,16-17H,10-12,19H2;1H/t16-,17+;/m0./s1. The number of nitrogens with two attached hydrogens (primary N) is 1. The quantitative estimate of drug-likeness (QED) is 0.809. The van der Waals surface area contributed by atoms with E-state index in [0.717, 1.165) is 15.6 Å². The van der Waals surface area contributed by atoms with E-state index in [9.17, 15) is 8.42 Å². The van der Waals surface area contributed by atoms with Crippen LogP contribution in [0.4, 0.5) is 0 Å². The number of halogens is 2. The van der Waals surface area contributed by atoms with Crippen LogP contribution in [-0.4, -0.2) is 31.9 Å². The highest BCUT2D eigenvalue weighted by Crippen LogP contribution is 2.29. The van der Waals surface area contributed by atoms with Crippen LogP contribution in [0.2, 0.25) is 0 Å². The third kappa shape index (κ3) is 4.37. The van der Waals surface area contributed by atoms with Gasteiger partial charge in [0.05, 0.1) is 5.75 Å². The number of hydrogen-bond donors (Lipinski definition) is 1. The number of nitrogens with zero attached hydrogens (tertiary/aromatic N) is 1. The van der Waals surface area contributed by atoms with Gasteiger partial charge in [0.15, 0.2) is 0 Å². The van der Waals surface area contributed by atoms with E-state index in [1.54, 1.807) is 0 Å². The van der Waals surface area contributed by atoms with E-state index in [0.29, 0.717) is 13.1 Å². The zero-order valence-electron chi connectivity index (χ0n) is 13.0. The molecular weight excluding hydrogens is 412 g/mol. The number of sulfonamides is 1. The van der Waals surface area contributed by atoms with E-state index in [1.807, 2.05) is 54.6 Å². The van der Waals surface area contributed by atoms with Gasteiger partial charge in [-0.05, 0) is 23.3 Å². The van der Waals surface area contributed by atoms with Crippen molar-refractivity contribution in [2.45, 2.75) is 17.7 Å². The molecule has 0 spiro atoms. The predicted octanol–water partition coefficient (Wildman–Crippen LogP) is 3.13. The summed E-state index contributed by atoms with van der Waals surface area (Å²) in [5.74, 6) is 0.0602. The highest BCUT2D eigenvalue weighted by Gasteiger charge is 2.37. The summed E-state index contributed by atoms with van der Waals surface area (Å²) in [5.41, 5.74) is 8.08. The molecule has 0 bridgehead atoms. The summed E-state index contributed by atoms with van der Waals surface area (Å²) in [6.07, 6.45) is 0. The Morgan fingerprint density at radius 1 is 1.04 bits per heavy atom. The second kappa shape index (κ2) is 7.97. The van der Waals surface area contributed by atoms with Crippen molar-refractivity contribution in [2.75, 3.05) is 13.1 Å². The van der Waals surface area contributed by atoms with Crippen molar-refractivity contribution < 1.29 is 8.42 Å².